The van der Waals surface area contributed by atoms with Gasteiger partial charge in [0.2, 0.25) is 0 Å². The lowest BCUT2D eigenvalue weighted by molar-refractivity contribution is -0.131. The summed E-state index contributed by atoms with van der Waals surface area (Å²) in [6, 6.07) is 8.94. The lowest BCUT2D eigenvalue weighted by Crippen LogP contribution is -2.46. The van der Waals surface area contributed by atoms with Crippen molar-refractivity contribution in [3.05, 3.63) is 35.4 Å². The predicted octanol–water partition coefficient (Wildman–Crippen LogP) is 1.74. The summed E-state index contributed by atoms with van der Waals surface area (Å²) < 4.78 is 24.0. The van der Waals surface area contributed by atoms with Crippen LogP contribution >= 0.6 is 0 Å². The number of rotatable bonds is 0. The number of aliphatic imine (C=N–C) groups is 1. The summed E-state index contributed by atoms with van der Waals surface area (Å²) in [6.07, 6.45) is 2.64. The second-order valence-electron chi connectivity index (χ2n) is 8.45. The largest absolute Gasteiger partial charge is 0.448 e. The molecule has 0 N–H and O–H groups in total. The van der Waals surface area contributed by atoms with Crippen LogP contribution in [0.25, 0.3) is 0 Å². The zero-order valence-corrected chi connectivity index (χ0v) is 15.8. The summed E-state index contributed by atoms with van der Waals surface area (Å²) >= 11 is 0. The highest BCUT2D eigenvalue weighted by Gasteiger charge is 2.58. The van der Waals surface area contributed by atoms with Crippen LogP contribution in [-0.2, 0) is 35.9 Å². The van der Waals surface area contributed by atoms with Gasteiger partial charge in [-0.1, -0.05) is 24.3 Å². The van der Waals surface area contributed by atoms with Crippen LogP contribution in [0.5, 0.6) is 0 Å². The third-order valence-electron chi connectivity index (χ3n) is 6.95. The highest BCUT2D eigenvalue weighted by molar-refractivity contribution is 6.01. The Balaban J connectivity index is 1.16. The molecule has 5 aliphatic rings. The van der Waals surface area contributed by atoms with E-state index in [-0.39, 0.29) is 23.7 Å². The van der Waals surface area contributed by atoms with Crippen molar-refractivity contribution in [1.82, 2.24) is 4.90 Å². The smallest absolute Gasteiger partial charge is 0.296 e. The molecule has 7 nitrogen and oxygen atoms in total. The number of hydrogen-bond acceptors (Lipinski definition) is 6. The van der Waals surface area contributed by atoms with Crippen LogP contribution in [0.4, 0.5) is 0 Å². The van der Waals surface area contributed by atoms with Gasteiger partial charge in [0.15, 0.2) is 5.60 Å². The Bertz CT molecular complexity index is 831. The number of hydrogen-bond donors (Lipinski definition) is 0. The van der Waals surface area contributed by atoms with Crippen molar-refractivity contribution in [2.75, 3.05) is 26.3 Å². The molecule has 3 fully saturated rings. The molecule has 2 spiro atoms. The maximum absolute atomic E-state index is 12.7. The van der Waals surface area contributed by atoms with Crippen LogP contribution in [0, 0.1) is 0 Å². The topological polar surface area (TPSA) is 69.6 Å². The lowest BCUT2D eigenvalue weighted by atomic mass is 9.84. The minimum atomic E-state index is -0.902. The molecule has 28 heavy (non-hydrogen) atoms. The van der Waals surface area contributed by atoms with Crippen LogP contribution in [-0.4, -0.2) is 60.9 Å². The summed E-state index contributed by atoms with van der Waals surface area (Å²) in [4.78, 5) is 19.1. The number of carbonyl (C=O) groups excluding carboxylic acids is 1. The van der Waals surface area contributed by atoms with E-state index >= 15 is 0 Å². The minimum Gasteiger partial charge on any atom is -0.448 e. The molecule has 1 amide bonds. The lowest BCUT2D eigenvalue weighted by Gasteiger charge is -2.39. The molecule has 0 radical (unpaired) electrons. The first-order valence-electron chi connectivity index (χ1n) is 10.2. The van der Waals surface area contributed by atoms with Gasteiger partial charge in [-0.2, -0.15) is 4.99 Å². The van der Waals surface area contributed by atoms with Crippen molar-refractivity contribution in [1.29, 1.82) is 0 Å². The predicted molar refractivity (Wildman–Crippen MR) is 98.7 cm³/mol. The number of fused-ring (bicyclic) bond motifs is 3. The van der Waals surface area contributed by atoms with E-state index in [1.54, 1.807) is 0 Å². The number of piperidine rings is 1. The molecule has 1 saturated carbocycles. The van der Waals surface area contributed by atoms with Gasteiger partial charge in [-0.25, -0.2) is 0 Å². The molecule has 2 atom stereocenters. The van der Waals surface area contributed by atoms with Crippen LogP contribution in [0.15, 0.2) is 29.3 Å². The van der Waals surface area contributed by atoms with E-state index in [0.29, 0.717) is 38.7 Å². The fraction of sp³-hybridized carbons (Fsp3) is 0.619. The van der Waals surface area contributed by atoms with Crippen molar-refractivity contribution >= 4 is 11.9 Å². The number of likely N-dealkylation sites (tertiary alicyclic amines) is 1. The molecule has 148 valence electrons. The van der Waals surface area contributed by atoms with Crippen molar-refractivity contribution in [3.63, 3.8) is 0 Å². The van der Waals surface area contributed by atoms with Crippen molar-refractivity contribution in [3.8, 4) is 0 Å². The maximum Gasteiger partial charge on any atom is 0.296 e. The standard InChI is InChI=1S/C21H24N2O5/c24-18-21(11-16-17(12-21)26-10-9-25-16)28-19(22-18)23-7-5-20(6-8-23)15-4-2-1-3-14(15)13-27-20/h1-4,16-17H,5-13H2. The second kappa shape index (κ2) is 6.02. The van der Waals surface area contributed by atoms with Gasteiger partial charge in [0, 0.05) is 25.9 Å². The molecule has 0 aromatic heterocycles. The average Bonchev–Trinajstić information content (AvgIpc) is 3.37. The SMILES string of the molecule is O=C1N=C(N2CCC3(CC2)OCc2ccccc23)OC12CC1OCCOC1C2. The second-order valence-corrected chi connectivity index (χ2v) is 8.45. The first-order chi connectivity index (χ1) is 13.7. The molecule has 1 aromatic carbocycles. The molecule has 6 rings (SSSR count). The summed E-state index contributed by atoms with van der Waals surface area (Å²) in [5.74, 6) is -0.188. The highest BCUT2D eigenvalue weighted by atomic mass is 16.6. The van der Waals surface area contributed by atoms with Crippen LogP contribution in [0.2, 0.25) is 0 Å². The third-order valence-corrected chi connectivity index (χ3v) is 6.95. The van der Waals surface area contributed by atoms with Crippen molar-refractivity contribution in [2.24, 2.45) is 4.99 Å². The van der Waals surface area contributed by atoms with Gasteiger partial charge in [-0.05, 0) is 24.0 Å². The fourth-order valence-electron chi connectivity index (χ4n) is 5.41. The van der Waals surface area contributed by atoms with Crippen LogP contribution in [0.1, 0.15) is 36.8 Å². The van der Waals surface area contributed by atoms with Crippen LogP contribution < -0.4 is 0 Å². The average molecular weight is 384 g/mol. The first-order valence-corrected chi connectivity index (χ1v) is 10.2. The Morgan fingerprint density at radius 3 is 2.46 bits per heavy atom. The number of benzene rings is 1. The number of amides is 1. The van der Waals surface area contributed by atoms with Crippen molar-refractivity contribution < 1.29 is 23.7 Å². The number of carbonyl (C=O) groups is 1. The van der Waals surface area contributed by atoms with E-state index in [2.05, 4.69) is 34.2 Å². The zero-order valence-electron chi connectivity index (χ0n) is 15.8. The van der Waals surface area contributed by atoms with E-state index in [1.807, 2.05) is 0 Å². The van der Waals surface area contributed by atoms with Gasteiger partial charge in [0.05, 0.1) is 37.6 Å². The normalized spacial score (nSPS) is 35.8. The summed E-state index contributed by atoms with van der Waals surface area (Å²) in [5.41, 5.74) is 1.48. The Morgan fingerprint density at radius 1 is 1.00 bits per heavy atom. The molecule has 0 bridgehead atoms. The maximum atomic E-state index is 12.7. The monoisotopic (exact) mass is 384 g/mol. The Labute approximate surface area is 163 Å². The van der Waals surface area contributed by atoms with E-state index in [9.17, 15) is 4.79 Å². The van der Waals surface area contributed by atoms with E-state index in [0.717, 1.165) is 25.9 Å². The molecule has 2 saturated heterocycles. The van der Waals surface area contributed by atoms with Crippen LogP contribution in [0.3, 0.4) is 0 Å². The minimum absolute atomic E-state index is 0.0692. The molecule has 7 heteroatoms. The van der Waals surface area contributed by atoms with Crippen molar-refractivity contribution in [2.45, 2.75) is 55.7 Å². The Hall–Kier alpha value is -1.96. The van der Waals surface area contributed by atoms with E-state index < -0.39 is 5.60 Å². The number of amidine groups is 1. The molecule has 4 aliphatic heterocycles. The van der Waals surface area contributed by atoms with Gasteiger partial charge < -0.3 is 23.8 Å². The van der Waals surface area contributed by atoms with E-state index in [1.165, 1.54) is 11.1 Å². The van der Waals surface area contributed by atoms with Gasteiger partial charge in [0.1, 0.15) is 0 Å². The Kier molecular flexibility index (Phi) is 3.64. The van der Waals surface area contributed by atoms with E-state index in [4.69, 9.17) is 18.9 Å². The Morgan fingerprint density at radius 2 is 1.71 bits per heavy atom. The zero-order chi connectivity index (χ0) is 18.8. The molecular formula is C21H24N2O5. The van der Waals surface area contributed by atoms with Gasteiger partial charge >= 0.3 is 0 Å². The highest BCUT2D eigenvalue weighted by Crippen LogP contribution is 2.46. The number of nitrogens with zero attached hydrogens (tertiary/aromatic N) is 2. The van der Waals surface area contributed by atoms with Gasteiger partial charge in [-0.15, -0.1) is 0 Å². The molecule has 2 unspecified atom stereocenters. The molecule has 1 aromatic rings. The quantitative estimate of drug-likeness (QED) is 0.679. The van der Waals surface area contributed by atoms with Gasteiger partial charge in [-0.3, -0.25) is 4.79 Å². The summed E-state index contributed by atoms with van der Waals surface area (Å²) in [7, 11) is 0. The summed E-state index contributed by atoms with van der Waals surface area (Å²) in [5, 5.41) is 0. The first kappa shape index (κ1) is 16.9. The fourth-order valence-corrected chi connectivity index (χ4v) is 5.41. The third kappa shape index (κ3) is 2.39. The summed E-state index contributed by atoms with van der Waals surface area (Å²) in [6.45, 7) is 3.36. The molecule has 4 heterocycles. The van der Waals surface area contributed by atoms with Gasteiger partial charge in [0.25, 0.3) is 11.9 Å². The molecular weight excluding hydrogens is 360 g/mol. The number of ether oxygens (including phenoxy) is 4. The molecule has 1 aliphatic carbocycles.